The summed E-state index contributed by atoms with van der Waals surface area (Å²) in [5, 5.41) is 9.14. The predicted octanol–water partition coefficient (Wildman–Crippen LogP) is -6.48. The molecule has 1 aromatic rings. The smallest absolute Gasteiger partial charge is 0.744 e. The molecular weight excluding hydrogens is 306 g/mol. The van der Waals surface area contributed by atoms with Crippen molar-refractivity contribution in [1.29, 1.82) is 0 Å². The van der Waals surface area contributed by atoms with Crippen molar-refractivity contribution in [2.45, 2.75) is 16.7 Å². The van der Waals surface area contributed by atoms with Gasteiger partial charge in [-0.05, 0) is 24.6 Å². The quantitative estimate of drug-likeness (QED) is 0.424. The summed E-state index contributed by atoms with van der Waals surface area (Å²) in [6.45, 7) is 0.954. The van der Waals surface area contributed by atoms with E-state index >= 15 is 0 Å². The number of phenols is 1. The van der Waals surface area contributed by atoms with Crippen LogP contribution in [0, 0.1) is 6.92 Å². The van der Waals surface area contributed by atoms with E-state index in [0.29, 0.717) is 6.07 Å². The summed E-state index contributed by atoms with van der Waals surface area (Å²) in [5.41, 5.74) is -0.579. The summed E-state index contributed by atoms with van der Waals surface area (Å²) in [5.74, 6) is -0.889. The van der Waals surface area contributed by atoms with Gasteiger partial charge >= 0.3 is 59.1 Å². The number of hydrogen-bond acceptors (Lipinski definition) is 7. The Hall–Kier alpha value is 0.840. The zero-order valence-corrected chi connectivity index (χ0v) is 15.5. The molecule has 0 fully saturated rings. The zero-order valence-electron chi connectivity index (χ0n) is 9.87. The van der Waals surface area contributed by atoms with Gasteiger partial charge in [-0.3, -0.25) is 0 Å². The third-order valence-corrected chi connectivity index (χ3v) is 3.85. The molecule has 90 valence electrons. The van der Waals surface area contributed by atoms with Gasteiger partial charge in [0.05, 0.1) is 4.90 Å². The largest absolute Gasteiger partial charge is 1.00 e. The van der Waals surface area contributed by atoms with Crippen molar-refractivity contribution < 1.29 is 90.2 Å². The standard InChI is InChI=1S/C7H8O7S2.2Na/c1-4-6(15(9,10)11)3-2-5(8)7(4)16(12,13)14;;/h2-3,8H,1H3,(H,9,10,11)(H,12,13,14);;/q;2*+1/p-2. The first-order chi connectivity index (χ1) is 7.05. The molecule has 0 aliphatic carbocycles. The average molecular weight is 312 g/mol. The van der Waals surface area contributed by atoms with Crippen LogP contribution in [0.15, 0.2) is 21.9 Å². The molecule has 0 radical (unpaired) electrons. The minimum atomic E-state index is -5.05. The van der Waals surface area contributed by atoms with E-state index in [9.17, 15) is 25.9 Å². The van der Waals surface area contributed by atoms with E-state index in [4.69, 9.17) is 5.11 Å². The summed E-state index contributed by atoms with van der Waals surface area (Å²) < 4.78 is 64.4. The maximum atomic E-state index is 10.7. The van der Waals surface area contributed by atoms with Crippen molar-refractivity contribution in [3.63, 3.8) is 0 Å². The number of benzene rings is 1. The minimum absolute atomic E-state index is 0. The van der Waals surface area contributed by atoms with Crippen molar-refractivity contribution in [3.05, 3.63) is 17.7 Å². The van der Waals surface area contributed by atoms with E-state index in [1.807, 2.05) is 0 Å². The van der Waals surface area contributed by atoms with Crippen LogP contribution in [0.4, 0.5) is 0 Å². The van der Waals surface area contributed by atoms with Gasteiger partial charge < -0.3 is 14.2 Å². The van der Waals surface area contributed by atoms with Crippen LogP contribution in [0.5, 0.6) is 5.75 Å². The molecule has 1 rings (SSSR count). The average Bonchev–Trinajstić information content (AvgIpc) is 1.97. The van der Waals surface area contributed by atoms with Gasteiger partial charge in [-0.2, -0.15) is 0 Å². The molecule has 0 heterocycles. The Kier molecular flexibility index (Phi) is 8.25. The van der Waals surface area contributed by atoms with Gasteiger partial charge in [0.25, 0.3) is 0 Å². The molecule has 1 N–H and O–H groups in total. The van der Waals surface area contributed by atoms with Crippen molar-refractivity contribution in [2.24, 2.45) is 0 Å². The second-order valence-corrected chi connectivity index (χ2v) is 5.61. The second kappa shape index (κ2) is 7.02. The van der Waals surface area contributed by atoms with Gasteiger partial charge in [0.2, 0.25) is 0 Å². The summed E-state index contributed by atoms with van der Waals surface area (Å²) in [4.78, 5) is -1.94. The molecule has 0 aromatic heterocycles. The van der Waals surface area contributed by atoms with Crippen molar-refractivity contribution in [3.8, 4) is 5.75 Å². The molecule has 0 aliphatic rings. The first kappa shape index (κ1) is 21.1. The molecule has 0 aliphatic heterocycles. The molecule has 0 unspecified atom stereocenters. The van der Waals surface area contributed by atoms with E-state index in [-0.39, 0.29) is 59.1 Å². The molecule has 18 heavy (non-hydrogen) atoms. The van der Waals surface area contributed by atoms with E-state index < -0.39 is 41.3 Å². The second-order valence-electron chi connectivity index (χ2n) is 2.95. The number of hydrogen-bond donors (Lipinski definition) is 1. The maximum Gasteiger partial charge on any atom is 1.00 e. The van der Waals surface area contributed by atoms with Crippen molar-refractivity contribution in [2.75, 3.05) is 0 Å². The van der Waals surface area contributed by atoms with Gasteiger partial charge in [-0.25, -0.2) is 16.8 Å². The Morgan fingerprint density at radius 1 is 1.00 bits per heavy atom. The molecule has 0 atom stereocenters. The van der Waals surface area contributed by atoms with Crippen LogP contribution in [0.2, 0.25) is 0 Å². The van der Waals surface area contributed by atoms with E-state index in [2.05, 4.69) is 0 Å². The predicted molar refractivity (Wildman–Crippen MR) is 48.8 cm³/mol. The monoisotopic (exact) mass is 312 g/mol. The normalized spacial score (nSPS) is 11.3. The fourth-order valence-electron chi connectivity index (χ4n) is 1.25. The fraction of sp³-hybridized carbons (Fsp3) is 0.143. The molecule has 1 aromatic carbocycles. The van der Waals surface area contributed by atoms with Gasteiger partial charge in [-0.15, -0.1) is 0 Å². The Morgan fingerprint density at radius 2 is 1.44 bits per heavy atom. The Morgan fingerprint density at radius 3 is 1.78 bits per heavy atom. The van der Waals surface area contributed by atoms with Crippen LogP contribution in [-0.2, 0) is 20.2 Å². The van der Waals surface area contributed by atoms with Crippen LogP contribution >= 0.6 is 0 Å². The third-order valence-electron chi connectivity index (χ3n) is 1.85. The number of aromatic hydroxyl groups is 1. The fourth-order valence-corrected chi connectivity index (χ4v) is 2.83. The van der Waals surface area contributed by atoms with Crippen molar-refractivity contribution in [1.82, 2.24) is 0 Å². The van der Waals surface area contributed by atoms with Crippen LogP contribution in [0.25, 0.3) is 0 Å². The van der Waals surface area contributed by atoms with Crippen molar-refractivity contribution >= 4 is 20.2 Å². The maximum absolute atomic E-state index is 10.7. The molecule has 11 heteroatoms. The SMILES string of the molecule is Cc1c(S(=O)(=O)[O-])ccc(O)c1S(=O)(=O)[O-].[Na+].[Na+]. The van der Waals surface area contributed by atoms with Crippen LogP contribution < -0.4 is 59.1 Å². The van der Waals surface area contributed by atoms with Crippen LogP contribution in [0.1, 0.15) is 5.56 Å². The first-order valence-corrected chi connectivity index (χ1v) is 6.61. The molecule has 0 bridgehead atoms. The minimum Gasteiger partial charge on any atom is -0.744 e. The summed E-state index contributed by atoms with van der Waals surface area (Å²) in [6, 6.07) is 1.41. The number of phenolic OH excluding ortho intramolecular Hbond substituents is 1. The first-order valence-electron chi connectivity index (χ1n) is 3.79. The van der Waals surface area contributed by atoms with E-state index in [1.165, 1.54) is 0 Å². The summed E-state index contributed by atoms with van der Waals surface area (Å²) in [6.07, 6.45) is 0. The number of rotatable bonds is 2. The van der Waals surface area contributed by atoms with E-state index in [1.54, 1.807) is 0 Å². The third kappa shape index (κ3) is 4.75. The molecule has 0 saturated carbocycles. The summed E-state index contributed by atoms with van der Waals surface area (Å²) >= 11 is 0. The molecular formula is C7H6Na2O7S2. The topological polar surface area (TPSA) is 135 Å². The Balaban J connectivity index is 0. The summed E-state index contributed by atoms with van der Waals surface area (Å²) in [7, 11) is -9.95. The Bertz CT molecular complexity index is 636. The molecule has 0 saturated heterocycles. The Labute approximate surface area is 149 Å². The van der Waals surface area contributed by atoms with Gasteiger partial charge in [0.1, 0.15) is 30.9 Å². The van der Waals surface area contributed by atoms with Gasteiger partial charge in [0, 0.05) is 0 Å². The van der Waals surface area contributed by atoms with Crippen LogP contribution in [0.3, 0.4) is 0 Å². The molecule has 0 amide bonds. The van der Waals surface area contributed by atoms with Crippen LogP contribution in [-0.4, -0.2) is 31.0 Å². The van der Waals surface area contributed by atoms with Gasteiger partial charge in [0.15, 0.2) is 0 Å². The van der Waals surface area contributed by atoms with Gasteiger partial charge in [-0.1, -0.05) is 0 Å². The molecule has 0 spiro atoms. The molecule has 7 nitrogen and oxygen atoms in total. The van der Waals surface area contributed by atoms with E-state index in [0.717, 1.165) is 13.0 Å². The zero-order chi connectivity index (χ0) is 12.7.